The van der Waals surface area contributed by atoms with Crippen molar-refractivity contribution in [1.82, 2.24) is 10.6 Å². The first-order valence-electron chi connectivity index (χ1n) is 5.23. The summed E-state index contributed by atoms with van der Waals surface area (Å²) in [4.78, 5) is 22.1. The fourth-order valence-electron chi connectivity index (χ4n) is 1.18. The molecule has 0 aliphatic rings. The normalized spacial score (nSPS) is 12.6. The van der Waals surface area contributed by atoms with E-state index in [4.69, 9.17) is 4.10 Å². The molecule has 1 atom stereocenters. The van der Waals surface area contributed by atoms with Crippen molar-refractivity contribution in [3.05, 3.63) is 24.3 Å². The van der Waals surface area contributed by atoms with E-state index in [-0.39, 0.29) is 40.5 Å². The van der Waals surface area contributed by atoms with Crippen LogP contribution >= 0.6 is 0 Å². The van der Waals surface area contributed by atoms with Crippen LogP contribution < -0.4 is 54.0 Å². The van der Waals surface area contributed by atoms with Gasteiger partial charge >= 0.3 is 141 Å². The van der Waals surface area contributed by atoms with Crippen molar-refractivity contribution in [2.45, 2.75) is 0 Å². The van der Waals surface area contributed by atoms with Gasteiger partial charge in [0, 0.05) is 0 Å². The first-order valence-corrected chi connectivity index (χ1v) is 8.54. The van der Waals surface area contributed by atoms with Gasteiger partial charge in [0.05, 0.1) is 0 Å². The summed E-state index contributed by atoms with van der Waals surface area (Å²) >= 11 is -5.12. The van der Waals surface area contributed by atoms with E-state index in [9.17, 15) is 17.4 Å². The Bertz CT molecular complexity index is 516. The van der Waals surface area contributed by atoms with E-state index in [2.05, 4.69) is 16.0 Å². The molecule has 20 heavy (non-hydrogen) atoms. The van der Waals surface area contributed by atoms with Gasteiger partial charge in [-0.05, 0) is 0 Å². The van der Waals surface area contributed by atoms with E-state index in [0.717, 1.165) is 0 Å². The zero-order valence-electron chi connectivity index (χ0n) is 11.0. The predicted octanol–water partition coefficient (Wildman–Crippen LogP) is -5.51. The van der Waals surface area contributed by atoms with Gasteiger partial charge in [0.25, 0.3) is 0 Å². The maximum Gasteiger partial charge on any atom is 1.00 e. The molecule has 4 N–H and O–H groups in total. The molecule has 1 aromatic rings. The minimum absolute atomic E-state index is 0. The van der Waals surface area contributed by atoms with Crippen LogP contribution in [-0.2, 0) is 8.53 Å². The van der Waals surface area contributed by atoms with E-state index in [1.54, 1.807) is 0 Å². The number of hydrogen-bond acceptors (Lipinski definition) is 5. The molecule has 0 aromatic heterocycles. The van der Waals surface area contributed by atoms with Gasteiger partial charge in [-0.15, -0.1) is 0 Å². The van der Waals surface area contributed by atoms with Crippen molar-refractivity contribution in [3.63, 3.8) is 0 Å². The van der Waals surface area contributed by atoms with Gasteiger partial charge in [-0.25, -0.2) is 0 Å². The van der Waals surface area contributed by atoms with Crippen LogP contribution in [0.4, 0.5) is 10.5 Å². The first-order chi connectivity index (χ1) is 8.82. The Morgan fingerprint density at radius 1 is 1.30 bits per heavy atom. The molecule has 0 aliphatic carbocycles. The molecule has 3 amide bonds. The van der Waals surface area contributed by atoms with Gasteiger partial charge in [0.1, 0.15) is 0 Å². The third-order valence-electron chi connectivity index (χ3n) is 2.13. The Balaban J connectivity index is 0.00000361. The molecule has 0 saturated carbocycles. The van der Waals surface area contributed by atoms with Gasteiger partial charge in [0.15, 0.2) is 0 Å². The minimum atomic E-state index is -5.12. The number of carbonyl (C=O) groups excluding carboxylic acids is 2. The number of amides is 3. The van der Waals surface area contributed by atoms with Crippen LogP contribution in [0.1, 0.15) is 0 Å². The summed E-state index contributed by atoms with van der Waals surface area (Å²) in [6.45, 7) is -0.147. The molecule has 1 rings (SSSR count). The molecule has 0 bridgehead atoms. The van der Waals surface area contributed by atoms with Crippen LogP contribution in [0.2, 0.25) is 0 Å². The number of urea groups is 1. The molecule has 10 heteroatoms. The zero-order valence-corrected chi connectivity index (χ0v) is 14.9. The molecule has 0 spiro atoms. The van der Waals surface area contributed by atoms with Crippen LogP contribution in [0.5, 0.6) is 0 Å². The topological polar surface area (TPSA) is 131 Å². The van der Waals surface area contributed by atoms with E-state index < -0.39 is 26.1 Å². The minimum Gasteiger partial charge on any atom is 1.00 e. The third kappa shape index (κ3) is 6.60. The summed E-state index contributed by atoms with van der Waals surface area (Å²) < 4.78 is 30.5. The molecule has 0 saturated heterocycles. The van der Waals surface area contributed by atoms with E-state index in [1.807, 2.05) is 0 Å². The molecule has 1 unspecified atom stereocenters. The molecule has 8 nitrogen and oxygen atoms in total. The van der Waals surface area contributed by atoms with Crippen LogP contribution in [-0.4, -0.2) is 43.8 Å². The summed E-state index contributed by atoms with van der Waals surface area (Å²) in [6, 6.07) is 4.66. The molecular formula is C10H13AsN3NaO5. The van der Waals surface area contributed by atoms with E-state index in [1.165, 1.54) is 31.3 Å². The average molecular weight is 353 g/mol. The fraction of sp³-hybridized carbons (Fsp3) is 0.200. The summed E-state index contributed by atoms with van der Waals surface area (Å²) in [6.07, 6.45) is 0. The van der Waals surface area contributed by atoms with Gasteiger partial charge in [0.2, 0.25) is 0 Å². The molecular weight excluding hydrogens is 340 g/mol. The molecule has 0 heterocycles. The summed E-state index contributed by atoms with van der Waals surface area (Å²) in [7, 11) is 1.38. The van der Waals surface area contributed by atoms with Crippen LogP contribution in [0, 0.1) is 0 Å². The van der Waals surface area contributed by atoms with Crippen molar-refractivity contribution < 1.29 is 51.1 Å². The van der Waals surface area contributed by atoms with E-state index in [0.29, 0.717) is 5.69 Å². The fourth-order valence-corrected chi connectivity index (χ4v) is 2.29. The van der Waals surface area contributed by atoms with Crippen LogP contribution in [0.15, 0.2) is 24.3 Å². The first kappa shape index (κ1) is 19.2. The summed E-state index contributed by atoms with van der Waals surface area (Å²) in [5.41, 5.74) is 0.486. The maximum atomic E-state index is 11.2. The number of rotatable bonds is 4. The average Bonchev–Trinajstić information content (AvgIpc) is 2.35. The maximum absolute atomic E-state index is 11.2. The summed E-state index contributed by atoms with van der Waals surface area (Å²) in [5.74, 6) is -0.538. The Morgan fingerprint density at radius 3 is 2.30 bits per heavy atom. The van der Waals surface area contributed by atoms with Crippen LogP contribution in [0.3, 0.4) is 0 Å². The smallest absolute Gasteiger partial charge is 1.00 e. The van der Waals surface area contributed by atoms with Crippen molar-refractivity contribution in [3.8, 4) is 0 Å². The molecule has 1 aromatic carbocycles. The second-order valence-electron chi connectivity index (χ2n) is 3.55. The van der Waals surface area contributed by atoms with Crippen molar-refractivity contribution in [1.29, 1.82) is 0 Å². The second-order valence-corrected chi connectivity index (χ2v) is 6.82. The van der Waals surface area contributed by atoms with Crippen LogP contribution in [0.25, 0.3) is 0 Å². The SMILES string of the molecule is CNC(=O)NC(=O)CNc1ccc([As](=O)([O-])O)cc1.[Na+]. The number of carbonyl (C=O) groups is 2. The quantitative estimate of drug-likeness (QED) is 0.400. The van der Waals surface area contributed by atoms with Crippen molar-refractivity contribution in [2.75, 3.05) is 18.9 Å². The van der Waals surface area contributed by atoms with Gasteiger partial charge in [-0.3, -0.25) is 0 Å². The zero-order chi connectivity index (χ0) is 14.5. The summed E-state index contributed by atoms with van der Waals surface area (Å²) in [5, 5.41) is 6.97. The second kappa shape index (κ2) is 8.51. The van der Waals surface area contributed by atoms with Crippen molar-refractivity contribution >= 4 is 36.1 Å². The molecule has 0 fully saturated rings. The molecule has 104 valence electrons. The Morgan fingerprint density at radius 2 is 1.85 bits per heavy atom. The number of anilines is 1. The number of imide groups is 1. The van der Waals surface area contributed by atoms with Gasteiger partial charge in [-0.1, -0.05) is 0 Å². The standard InChI is InChI=1S/C10H14AsN3O5.Na/c1-12-10(16)14-9(15)6-13-8-4-2-7(3-5-8)11(17,18)19;/h2-5,13H,6H2,1H3,(H2,17,18,19)(H2,12,14,15,16);/q;+1/p-1. The Labute approximate surface area is 140 Å². The monoisotopic (exact) mass is 353 g/mol. The molecule has 0 radical (unpaired) electrons. The van der Waals surface area contributed by atoms with Gasteiger partial charge in [-0.2, -0.15) is 0 Å². The number of nitrogens with one attached hydrogen (secondary N) is 3. The van der Waals surface area contributed by atoms with E-state index >= 15 is 0 Å². The Hall–Kier alpha value is -0.762. The van der Waals surface area contributed by atoms with Gasteiger partial charge < -0.3 is 0 Å². The number of benzene rings is 1. The third-order valence-corrected chi connectivity index (χ3v) is 4.12. The Kier molecular flexibility index (Phi) is 8.18. The predicted molar refractivity (Wildman–Crippen MR) is 65.8 cm³/mol. The number of hydrogen-bond donors (Lipinski definition) is 4. The largest absolute Gasteiger partial charge is 1.00 e. The van der Waals surface area contributed by atoms with Crippen molar-refractivity contribution in [2.24, 2.45) is 0 Å². The molecule has 0 aliphatic heterocycles.